The van der Waals surface area contributed by atoms with Crippen LogP contribution < -0.4 is 5.32 Å². The van der Waals surface area contributed by atoms with Gasteiger partial charge in [0, 0.05) is 17.5 Å². The lowest BCUT2D eigenvalue weighted by Gasteiger charge is -2.24. The molecular formula is C14H17N3OS. The van der Waals surface area contributed by atoms with Crippen LogP contribution in [0.5, 0.6) is 0 Å². The molecule has 1 unspecified atom stereocenters. The lowest BCUT2D eigenvalue weighted by Crippen LogP contribution is -2.25. The fourth-order valence-corrected chi connectivity index (χ4v) is 3.35. The van der Waals surface area contributed by atoms with Crippen molar-refractivity contribution in [3.8, 4) is 11.5 Å². The number of nitrogens with zero attached hydrogens (tertiary/aromatic N) is 2. The minimum atomic E-state index is 0.531. The molecule has 5 heteroatoms. The highest BCUT2D eigenvalue weighted by Gasteiger charge is 2.17. The number of hydrogen-bond acceptors (Lipinski definition) is 5. The van der Waals surface area contributed by atoms with Gasteiger partial charge in [0.1, 0.15) is 0 Å². The van der Waals surface area contributed by atoms with Crippen molar-refractivity contribution in [1.82, 2.24) is 10.1 Å². The van der Waals surface area contributed by atoms with E-state index in [9.17, 15) is 0 Å². The first-order chi connectivity index (χ1) is 9.33. The van der Waals surface area contributed by atoms with E-state index in [1.807, 2.05) is 36.9 Å². The van der Waals surface area contributed by atoms with E-state index in [1.165, 1.54) is 18.6 Å². The van der Waals surface area contributed by atoms with E-state index in [2.05, 4.69) is 21.5 Å². The summed E-state index contributed by atoms with van der Waals surface area (Å²) in [6, 6.07) is 8.66. The molecule has 1 aliphatic heterocycles. The Labute approximate surface area is 117 Å². The van der Waals surface area contributed by atoms with Crippen LogP contribution in [0.1, 0.15) is 18.7 Å². The van der Waals surface area contributed by atoms with Crippen LogP contribution >= 0.6 is 11.8 Å². The van der Waals surface area contributed by atoms with Crippen molar-refractivity contribution in [2.24, 2.45) is 0 Å². The molecule has 0 aliphatic carbocycles. The van der Waals surface area contributed by atoms with Crippen molar-refractivity contribution in [3.05, 3.63) is 30.1 Å². The van der Waals surface area contributed by atoms with Crippen LogP contribution in [-0.4, -0.2) is 27.7 Å². The number of para-hydroxylation sites is 1. The third-order valence-electron chi connectivity index (χ3n) is 3.20. The van der Waals surface area contributed by atoms with Gasteiger partial charge in [0.2, 0.25) is 0 Å². The average molecular weight is 275 g/mol. The molecule has 1 N–H and O–H groups in total. The summed E-state index contributed by atoms with van der Waals surface area (Å²) in [5, 5.41) is 7.47. The summed E-state index contributed by atoms with van der Waals surface area (Å²) in [5.41, 5.74) is 2.07. The number of aryl methyl sites for hydroxylation is 1. The Morgan fingerprint density at radius 2 is 2.26 bits per heavy atom. The first kappa shape index (κ1) is 12.5. The molecule has 100 valence electrons. The molecule has 3 rings (SSSR count). The highest BCUT2D eigenvalue weighted by Crippen LogP contribution is 2.29. The number of anilines is 1. The van der Waals surface area contributed by atoms with Gasteiger partial charge in [0.05, 0.1) is 5.56 Å². The molecule has 0 spiro atoms. The Morgan fingerprint density at radius 3 is 3.00 bits per heavy atom. The molecule has 0 radical (unpaired) electrons. The summed E-state index contributed by atoms with van der Waals surface area (Å²) >= 11 is 2.01. The zero-order valence-corrected chi connectivity index (χ0v) is 11.7. The molecule has 1 aromatic carbocycles. The monoisotopic (exact) mass is 275 g/mol. The van der Waals surface area contributed by atoms with Crippen LogP contribution in [0, 0.1) is 6.92 Å². The van der Waals surface area contributed by atoms with Crippen molar-refractivity contribution in [1.29, 1.82) is 0 Å². The van der Waals surface area contributed by atoms with Crippen LogP contribution in [-0.2, 0) is 0 Å². The molecule has 1 saturated heterocycles. The zero-order chi connectivity index (χ0) is 13.1. The molecule has 0 bridgehead atoms. The van der Waals surface area contributed by atoms with E-state index >= 15 is 0 Å². The molecule has 19 heavy (non-hydrogen) atoms. The molecule has 1 fully saturated rings. The van der Waals surface area contributed by atoms with Gasteiger partial charge in [-0.05, 0) is 37.7 Å². The summed E-state index contributed by atoms with van der Waals surface area (Å²) < 4.78 is 5.27. The normalized spacial score (nSPS) is 19.3. The molecule has 1 atom stereocenters. The van der Waals surface area contributed by atoms with Crippen LogP contribution in [0.4, 0.5) is 5.69 Å². The minimum absolute atomic E-state index is 0.531. The number of rotatable bonds is 3. The van der Waals surface area contributed by atoms with E-state index in [1.54, 1.807) is 0 Å². The topological polar surface area (TPSA) is 51.0 Å². The Kier molecular flexibility index (Phi) is 3.73. The van der Waals surface area contributed by atoms with Gasteiger partial charge in [0.25, 0.3) is 5.89 Å². The van der Waals surface area contributed by atoms with Crippen molar-refractivity contribution in [2.45, 2.75) is 25.8 Å². The Balaban J connectivity index is 1.84. The van der Waals surface area contributed by atoms with Crippen LogP contribution in [0.15, 0.2) is 28.8 Å². The summed E-state index contributed by atoms with van der Waals surface area (Å²) in [6.07, 6.45) is 2.51. The van der Waals surface area contributed by atoms with E-state index in [4.69, 9.17) is 4.52 Å². The molecule has 0 amide bonds. The van der Waals surface area contributed by atoms with Gasteiger partial charge in [-0.25, -0.2) is 0 Å². The second kappa shape index (κ2) is 5.65. The predicted molar refractivity (Wildman–Crippen MR) is 78.4 cm³/mol. The van der Waals surface area contributed by atoms with Crippen LogP contribution in [0.2, 0.25) is 0 Å². The minimum Gasteiger partial charge on any atom is -0.381 e. The number of thioether (sulfide) groups is 1. The summed E-state index contributed by atoms with van der Waals surface area (Å²) in [6.45, 7) is 1.83. The number of hydrogen-bond donors (Lipinski definition) is 1. The summed E-state index contributed by atoms with van der Waals surface area (Å²) in [7, 11) is 0. The average Bonchev–Trinajstić information content (AvgIpc) is 2.87. The Morgan fingerprint density at radius 1 is 1.37 bits per heavy atom. The van der Waals surface area contributed by atoms with Gasteiger partial charge in [-0.1, -0.05) is 17.3 Å². The second-order valence-electron chi connectivity index (χ2n) is 4.75. The largest absolute Gasteiger partial charge is 0.381 e. The fourth-order valence-electron chi connectivity index (χ4n) is 2.28. The maximum absolute atomic E-state index is 5.27. The van der Waals surface area contributed by atoms with E-state index in [0.717, 1.165) is 17.0 Å². The van der Waals surface area contributed by atoms with Crippen molar-refractivity contribution in [2.75, 3.05) is 16.8 Å². The van der Waals surface area contributed by atoms with Gasteiger partial charge in [0.15, 0.2) is 5.82 Å². The Bertz CT molecular complexity index is 549. The van der Waals surface area contributed by atoms with Gasteiger partial charge in [-0.15, -0.1) is 0 Å². The molecular weight excluding hydrogens is 258 g/mol. The molecule has 4 nitrogen and oxygen atoms in total. The first-order valence-electron chi connectivity index (χ1n) is 6.57. The summed E-state index contributed by atoms with van der Waals surface area (Å²) in [4.78, 5) is 4.31. The zero-order valence-electron chi connectivity index (χ0n) is 10.9. The number of aromatic nitrogens is 2. The fraction of sp³-hybridized carbons (Fsp3) is 0.429. The lowest BCUT2D eigenvalue weighted by molar-refractivity contribution is 0.425. The molecule has 2 aromatic rings. The van der Waals surface area contributed by atoms with Crippen LogP contribution in [0.25, 0.3) is 11.5 Å². The summed E-state index contributed by atoms with van der Waals surface area (Å²) in [5.74, 6) is 3.70. The molecule has 2 heterocycles. The highest BCUT2D eigenvalue weighted by atomic mass is 32.2. The Hall–Kier alpha value is -1.49. The smallest absolute Gasteiger partial charge is 0.260 e. The SMILES string of the molecule is Cc1noc(-c2ccccc2NC2CCCSC2)n1. The second-order valence-corrected chi connectivity index (χ2v) is 5.90. The van der Waals surface area contributed by atoms with Crippen molar-refractivity contribution in [3.63, 3.8) is 0 Å². The third kappa shape index (κ3) is 2.92. The molecule has 0 saturated carbocycles. The van der Waals surface area contributed by atoms with Crippen LogP contribution in [0.3, 0.4) is 0 Å². The lowest BCUT2D eigenvalue weighted by atomic mass is 10.1. The number of benzene rings is 1. The van der Waals surface area contributed by atoms with Crippen molar-refractivity contribution >= 4 is 17.4 Å². The van der Waals surface area contributed by atoms with E-state index < -0.39 is 0 Å². The predicted octanol–water partition coefficient (Wildman–Crippen LogP) is 3.35. The van der Waals surface area contributed by atoms with Gasteiger partial charge < -0.3 is 9.84 Å². The van der Waals surface area contributed by atoms with Gasteiger partial charge >= 0.3 is 0 Å². The molecule has 1 aromatic heterocycles. The molecule has 1 aliphatic rings. The van der Waals surface area contributed by atoms with Gasteiger partial charge in [-0.3, -0.25) is 0 Å². The quantitative estimate of drug-likeness (QED) is 0.931. The third-order valence-corrected chi connectivity index (χ3v) is 4.42. The highest BCUT2D eigenvalue weighted by molar-refractivity contribution is 7.99. The van der Waals surface area contributed by atoms with Gasteiger partial charge in [-0.2, -0.15) is 16.7 Å². The van der Waals surface area contributed by atoms with E-state index in [0.29, 0.717) is 17.8 Å². The number of nitrogens with one attached hydrogen (secondary N) is 1. The maximum Gasteiger partial charge on any atom is 0.260 e. The van der Waals surface area contributed by atoms with E-state index in [-0.39, 0.29) is 0 Å². The standard InChI is InChI=1S/C14H17N3OS/c1-10-15-14(18-17-10)12-6-2-3-7-13(12)16-11-5-4-8-19-9-11/h2-3,6-7,11,16H,4-5,8-9H2,1H3. The maximum atomic E-state index is 5.27. The first-order valence-corrected chi connectivity index (χ1v) is 7.72. The van der Waals surface area contributed by atoms with Crippen molar-refractivity contribution < 1.29 is 4.52 Å².